The Balaban J connectivity index is 2.17. The normalized spacial score (nSPS) is 33.2. The van der Waals surface area contributed by atoms with Gasteiger partial charge in [0.2, 0.25) is 0 Å². The second-order valence-corrected chi connectivity index (χ2v) is 4.93. The molecule has 0 amide bonds. The topological polar surface area (TPSA) is 29.5 Å². The molecular formula is C10H12F6O2. The zero-order valence-corrected chi connectivity index (χ0v) is 9.18. The van der Waals surface area contributed by atoms with Crippen molar-refractivity contribution in [1.82, 2.24) is 0 Å². The lowest BCUT2D eigenvalue weighted by Gasteiger charge is -2.35. The molecule has 106 valence electrons. The van der Waals surface area contributed by atoms with E-state index in [4.69, 9.17) is 9.84 Å². The van der Waals surface area contributed by atoms with Gasteiger partial charge in [-0.05, 0) is 31.6 Å². The van der Waals surface area contributed by atoms with E-state index in [-0.39, 0.29) is 12.5 Å². The fourth-order valence-corrected chi connectivity index (χ4v) is 2.73. The summed E-state index contributed by atoms with van der Waals surface area (Å²) in [5.41, 5.74) is -4.64. The van der Waals surface area contributed by atoms with Crippen LogP contribution in [0.25, 0.3) is 0 Å². The van der Waals surface area contributed by atoms with E-state index in [0.29, 0.717) is 12.8 Å². The predicted molar refractivity (Wildman–Crippen MR) is 47.7 cm³/mol. The van der Waals surface area contributed by atoms with Crippen molar-refractivity contribution in [3.63, 3.8) is 0 Å². The lowest BCUT2D eigenvalue weighted by molar-refractivity contribution is -0.373. The highest BCUT2D eigenvalue weighted by molar-refractivity contribution is 5.00. The average Bonchev–Trinajstić information content (AvgIpc) is 2.75. The molecule has 1 N–H and O–H groups in total. The standard InChI is InChI=1S/C10H12F6O2/c11-9(12,13)8(17,10(14,15)16)4-5-3-6-1-2-7(5)18-6/h5-7,17H,1-4H2. The molecule has 2 heterocycles. The van der Waals surface area contributed by atoms with Crippen LogP contribution in [-0.2, 0) is 4.74 Å². The Hall–Kier alpha value is -0.500. The van der Waals surface area contributed by atoms with Crippen LogP contribution in [0.5, 0.6) is 0 Å². The van der Waals surface area contributed by atoms with Gasteiger partial charge in [-0.15, -0.1) is 0 Å². The first-order chi connectivity index (χ1) is 8.04. The molecule has 0 aliphatic carbocycles. The molecule has 0 spiro atoms. The van der Waals surface area contributed by atoms with Crippen molar-refractivity contribution in [2.75, 3.05) is 0 Å². The summed E-state index contributed by atoms with van der Waals surface area (Å²) in [5, 5.41) is 9.07. The average molecular weight is 278 g/mol. The van der Waals surface area contributed by atoms with Gasteiger partial charge in [0.05, 0.1) is 12.2 Å². The Kier molecular flexibility index (Phi) is 3.09. The van der Waals surface area contributed by atoms with Gasteiger partial charge in [-0.3, -0.25) is 0 Å². The number of halogens is 6. The zero-order chi connectivity index (χ0) is 13.8. The zero-order valence-electron chi connectivity index (χ0n) is 9.18. The van der Waals surface area contributed by atoms with E-state index in [9.17, 15) is 26.3 Å². The third-order valence-corrected chi connectivity index (χ3v) is 3.73. The molecule has 18 heavy (non-hydrogen) atoms. The van der Waals surface area contributed by atoms with Crippen LogP contribution in [0.3, 0.4) is 0 Å². The maximum Gasteiger partial charge on any atom is 0.426 e. The molecule has 2 nitrogen and oxygen atoms in total. The van der Waals surface area contributed by atoms with Gasteiger partial charge >= 0.3 is 12.4 Å². The highest BCUT2D eigenvalue weighted by Gasteiger charge is 2.71. The van der Waals surface area contributed by atoms with Gasteiger partial charge in [-0.2, -0.15) is 26.3 Å². The largest absolute Gasteiger partial charge is 0.426 e. The summed E-state index contributed by atoms with van der Waals surface area (Å²) in [6.45, 7) is 0. The molecule has 2 rings (SSSR count). The van der Waals surface area contributed by atoms with E-state index >= 15 is 0 Å². The maximum absolute atomic E-state index is 12.5. The molecule has 2 bridgehead atoms. The van der Waals surface area contributed by atoms with Crippen molar-refractivity contribution in [2.45, 2.75) is 55.8 Å². The SMILES string of the molecule is OC(CC1CC2CCC1O2)(C(F)(F)F)C(F)(F)F. The van der Waals surface area contributed by atoms with Gasteiger partial charge in [-0.25, -0.2) is 0 Å². The summed E-state index contributed by atoms with van der Waals surface area (Å²) in [7, 11) is 0. The summed E-state index contributed by atoms with van der Waals surface area (Å²) in [4.78, 5) is 0. The monoisotopic (exact) mass is 278 g/mol. The molecular weight excluding hydrogens is 266 g/mol. The Morgan fingerprint density at radius 3 is 1.89 bits per heavy atom. The first-order valence-corrected chi connectivity index (χ1v) is 5.56. The summed E-state index contributed by atoms with van der Waals surface area (Å²) in [6.07, 6.45) is -12.4. The van der Waals surface area contributed by atoms with Crippen molar-refractivity contribution < 1.29 is 36.2 Å². The molecule has 2 saturated heterocycles. The van der Waals surface area contributed by atoms with Gasteiger partial charge in [0, 0.05) is 0 Å². The molecule has 3 atom stereocenters. The van der Waals surface area contributed by atoms with Crippen LogP contribution in [0.2, 0.25) is 0 Å². The van der Waals surface area contributed by atoms with Gasteiger partial charge < -0.3 is 9.84 Å². The van der Waals surface area contributed by atoms with Gasteiger partial charge in [0.25, 0.3) is 5.60 Å². The van der Waals surface area contributed by atoms with Crippen LogP contribution in [-0.4, -0.2) is 35.3 Å². The molecule has 8 heteroatoms. The number of hydrogen-bond acceptors (Lipinski definition) is 2. The third-order valence-electron chi connectivity index (χ3n) is 3.73. The lowest BCUT2D eigenvalue weighted by atomic mass is 9.80. The highest BCUT2D eigenvalue weighted by atomic mass is 19.4. The minimum absolute atomic E-state index is 0.152. The lowest BCUT2D eigenvalue weighted by Crippen LogP contribution is -2.58. The Morgan fingerprint density at radius 1 is 1.00 bits per heavy atom. The Morgan fingerprint density at radius 2 is 1.56 bits per heavy atom. The molecule has 2 fully saturated rings. The fraction of sp³-hybridized carbons (Fsp3) is 1.00. The summed E-state index contributed by atoms with van der Waals surface area (Å²) < 4.78 is 80.1. The van der Waals surface area contributed by atoms with E-state index in [1.807, 2.05) is 0 Å². The van der Waals surface area contributed by atoms with Crippen molar-refractivity contribution in [3.05, 3.63) is 0 Å². The van der Waals surface area contributed by atoms with Crippen molar-refractivity contribution in [1.29, 1.82) is 0 Å². The van der Waals surface area contributed by atoms with Gasteiger partial charge in [0.1, 0.15) is 0 Å². The Bertz CT molecular complexity index is 309. The number of hydrogen-bond donors (Lipinski definition) is 1. The second-order valence-electron chi connectivity index (χ2n) is 4.93. The van der Waals surface area contributed by atoms with Crippen LogP contribution in [0.1, 0.15) is 25.7 Å². The fourth-order valence-electron chi connectivity index (χ4n) is 2.73. The van der Waals surface area contributed by atoms with Crippen LogP contribution >= 0.6 is 0 Å². The highest BCUT2D eigenvalue weighted by Crippen LogP contribution is 2.51. The number of rotatable bonds is 2. The van der Waals surface area contributed by atoms with E-state index < -0.39 is 36.4 Å². The van der Waals surface area contributed by atoms with Crippen molar-refractivity contribution in [2.24, 2.45) is 5.92 Å². The van der Waals surface area contributed by atoms with E-state index in [1.165, 1.54) is 0 Å². The summed E-state index contributed by atoms with van der Waals surface area (Å²) >= 11 is 0. The molecule has 2 aliphatic heterocycles. The van der Waals surface area contributed by atoms with Crippen molar-refractivity contribution >= 4 is 0 Å². The van der Waals surface area contributed by atoms with Gasteiger partial charge in [0.15, 0.2) is 0 Å². The minimum Gasteiger partial charge on any atom is -0.375 e. The van der Waals surface area contributed by atoms with Gasteiger partial charge in [-0.1, -0.05) is 0 Å². The number of fused-ring (bicyclic) bond motifs is 2. The molecule has 0 saturated carbocycles. The van der Waals surface area contributed by atoms with Crippen LogP contribution < -0.4 is 0 Å². The molecule has 0 aromatic carbocycles. The first-order valence-electron chi connectivity index (χ1n) is 5.56. The van der Waals surface area contributed by atoms with E-state index in [1.54, 1.807) is 0 Å². The van der Waals surface area contributed by atoms with Crippen LogP contribution in [0.15, 0.2) is 0 Å². The minimum atomic E-state index is -5.73. The molecule has 0 aromatic heterocycles. The first kappa shape index (κ1) is 13.9. The maximum atomic E-state index is 12.5. The summed E-state index contributed by atoms with van der Waals surface area (Å²) in [6, 6.07) is 0. The molecule has 0 radical (unpaired) electrons. The van der Waals surface area contributed by atoms with E-state index in [2.05, 4.69) is 0 Å². The number of alkyl halides is 6. The predicted octanol–water partition coefficient (Wildman–Crippen LogP) is 2.80. The van der Waals surface area contributed by atoms with Crippen LogP contribution in [0, 0.1) is 5.92 Å². The quantitative estimate of drug-likeness (QED) is 0.787. The third kappa shape index (κ3) is 2.09. The number of aliphatic hydroxyl groups is 1. The van der Waals surface area contributed by atoms with Crippen molar-refractivity contribution in [3.8, 4) is 0 Å². The van der Waals surface area contributed by atoms with Crippen LogP contribution in [0.4, 0.5) is 26.3 Å². The molecule has 0 aromatic rings. The molecule has 3 unspecified atom stereocenters. The molecule has 2 aliphatic rings. The second kappa shape index (κ2) is 4.00. The van der Waals surface area contributed by atoms with E-state index in [0.717, 1.165) is 0 Å². The summed E-state index contributed by atoms with van der Waals surface area (Å²) in [5.74, 6) is -0.892. The number of ether oxygens (including phenoxy) is 1. The Labute approximate surface area is 98.9 Å². The smallest absolute Gasteiger partial charge is 0.375 e.